The molecule has 1 aromatic carbocycles. The van der Waals surface area contributed by atoms with Crippen LogP contribution in [0.15, 0.2) is 24.4 Å². The van der Waals surface area contributed by atoms with Gasteiger partial charge in [0.25, 0.3) is 5.91 Å². The van der Waals surface area contributed by atoms with Gasteiger partial charge in [0.05, 0.1) is 35.0 Å². The monoisotopic (exact) mass is 395 g/mol. The molecular formula is C19H20F3N3O3. The number of hydrogen-bond acceptors (Lipinski definition) is 3. The Kier molecular flexibility index (Phi) is 4.95. The van der Waals surface area contributed by atoms with Crippen molar-refractivity contribution in [1.29, 1.82) is 0 Å². The van der Waals surface area contributed by atoms with Crippen LogP contribution in [-0.4, -0.2) is 50.9 Å². The van der Waals surface area contributed by atoms with Gasteiger partial charge in [-0.1, -0.05) is 12.1 Å². The fourth-order valence-corrected chi connectivity index (χ4v) is 3.53. The molecule has 0 saturated carbocycles. The number of carbonyl (C=O) groups excluding carboxylic acids is 1. The lowest BCUT2D eigenvalue weighted by atomic mass is 9.96. The van der Waals surface area contributed by atoms with Crippen LogP contribution in [0.3, 0.4) is 0 Å². The van der Waals surface area contributed by atoms with Gasteiger partial charge in [0.2, 0.25) is 0 Å². The van der Waals surface area contributed by atoms with Crippen molar-refractivity contribution < 1.29 is 27.9 Å². The Hall–Kier alpha value is -2.84. The highest BCUT2D eigenvalue weighted by molar-refractivity contribution is 5.96. The van der Waals surface area contributed by atoms with Gasteiger partial charge in [0.1, 0.15) is 0 Å². The van der Waals surface area contributed by atoms with E-state index in [2.05, 4.69) is 5.10 Å². The van der Waals surface area contributed by atoms with E-state index in [0.29, 0.717) is 5.69 Å². The molecule has 1 saturated heterocycles. The SMILES string of the molecule is Cc1ccc(C)c(-n2ncc(C(=O)N3C[C@@H](C(F)(F)F)[C@H](C(=O)O)C3)c2C)c1. The molecular weight excluding hydrogens is 375 g/mol. The van der Waals surface area contributed by atoms with Gasteiger partial charge in [-0.15, -0.1) is 0 Å². The Morgan fingerprint density at radius 2 is 1.86 bits per heavy atom. The highest BCUT2D eigenvalue weighted by Gasteiger charge is 2.53. The average Bonchev–Trinajstić information content (AvgIpc) is 3.21. The molecule has 28 heavy (non-hydrogen) atoms. The minimum Gasteiger partial charge on any atom is -0.481 e. The van der Waals surface area contributed by atoms with Gasteiger partial charge in [0.15, 0.2) is 0 Å². The van der Waals surface area contributed by atoms with Gasteiger partial charge in [-0.05, 0) is 38.0 Å². The van der Waals surface area contributed by atoms with Gasteiger partial charge in [-0.2, -0.15) is 18.3 Å². The molecule has 2 atom stereocenters. The molecule has 0 radical (unpaired) electrons. The van der Waals surface area contributed by atoms with Gasteiger partial charge in [-0.25, -0.2) is 4.68 Å². The number of likely N-dealkylation sites (tertiary alicyclic amines) is 1. The Balaban J connectivity index is 1.91. The molecule has 1 aliphatic heterocycles. The van der Waals surface area contributed by atoms with Crippen molar-refractivity contribution in [2.24, 2.45) is 11.8 Å². The summed E-state index contributed by atoms with van der Waals surface area (Å²) in [6.45, 7) is 4.32. The number of aryl methyl sites for hydroxylation is 2. The first kappa shape index (κ1) is 19.9. The second-order valence-electron chi connectivity index (χ2n) is 7.15. The van der Waals surface area contributed by atoms with E-state index in [1.807, 2.05) is 32.0 Å². The molecule has 2 heterocycles. The number of carboxylic acids is 1. The van der Waals surface area contributed by atoms with Crippen molar-refractivity contribution >= 4 is 11.9 Å². The van der Waals surface area contributed by atoms with E-state index in [4.69, 9.17) is 5.11 Å². The molecule has 1 fully saturated rings. The lowest BCUT2D eigenvalue weighted by molar-refractivity contribution is -0.187. The quantitative estimate of drug-likeness (QED) is 0.867. The molecule has 3 rings (SSSR count). The molecule has 150 valence electrons. The van der Waals surface area contributed by atoms with Crippen LogP contribution in [0, 0.1) is 32.6 Å². The predicted molar refractivity (Wildman–Crippen MR) is 94.3 cm³/mol. The van der Waals surface area contributed by atoms with Crippen LogP contribution >= 0.6 is 0 Å². The summed E-state index contributed by atoms with van der Waals surface area (Å²) < 4.78 is 41.1. The molecule has 9 heteroatoms. The molecule has 6 nitrogen and oxygen atoms in total. The van der Waals surface area contributed by atoms with E-state index in [1.165, 1.54) is 6.20 Å². The smallest absolute Gasteiger partial charge is 0.394 e. The number of halogens is 3. The van der Waals surface area contributed by atoms with Crippen LogP contribution in [-0.2, 0) is 4.79 Å². The second-order valence-corrected chi connectivity index (χ2v) is 7.15. The lowest BCUT2D eigenvalue weighted by Gasteiger charge is -2.18. The number of alkyl halides is 3. The molecule has 0 bridgehead atoms. The number of aliphatic carboxylic acids is 1. The maximum atomic E-state index is 13.2. The topological polar surface area (TPSA) is 75.4 Å². The first-order valence-electron chi connectivity index (χ1n) is 8.71. The van der Waals surface area contributed by atoms with E-state index < -0.39 is 43.0 Å². The Bertz CT molecular complexity index is 936. The molecule has 0 spiro atoms. The van der Waals surface area contributed by atoms with Crippen molar-refractivity contribution in [2.45, 2.75) is 26.9 Å². The Morgan fingerprint density at radius 1 is 1.18 bits per heavy atom. The van der Waals surface area contributed by atoms with E-state index in [9.17, 15) is 22.8 Å². The number of nitrogens with zero attached hydrogens (tertiary/aromatic N) is 3. The van der Waals surface area contributed by atoms with Crippen molar-refractivity contribution in [2.75, 3.05) is 13.1 Å². The van der Waals surface area contributed by atoms with E-state index >= 15 is 0 Å². The molecule has 1 N–H and O–H groups in total. The summed E-state index contributed by atoms with van der Waals surface area (Å²) >= 11 is 0. The van der Waals surface area contributed by atoms with E-state index in [1.54, 1.807) is 11.6 Å². The normalized spacial score (nSPS) is 19.9. The van der Waals surface area contributed by atoms with E-state index in [0.717, 1.165) is 21.7 Å². The summed E-state index contributed by atoms with van der Waals surface area (Å²) in [7, 11) is 0. The van der Waals surface area contributed by atoms with Gasteiger partial charge in [-0.3, -0.25) is 9.59 Å². The second kappa shape index (κ2) is 6.96. The van der Waals surface area contributed by atoms with E-state index in [-0.39, 0.29) is 5.56 Å². The van der Waals surface area contributed by atoms with Crippen molar-refractivity contribution in [1.82, 2.24) is 14.7 Å². The lowest BCUT2D eigenvalue weighted by Crippen LogP contribution is -2.34. The number of aromatic nitrogens is 2. The van der Waals surface area contributed by atoms with Crippen molar-refractivity contribution in [3.8, 4) is 5.69 Å². The van der Waals surface area contributed by atoms with Crippen molar-refractivity contribution in [3.63, 3.8) is 0 Å². The summed E-state index contributed by atoms with van der Waals surface area (Å²) in [4.78, 5) is 25.0. The zero-order valence-electron chi connectivity index (χ0n) is 15.6. The van der Waals surface area contributed by atoms with Crippen LogP contribution in [0.5, 0.6) is 0 Å². The van der Waals surface area contributed by atoms with Crippen LogP contribution in [0.25, 0.3) is 5.69 Å². The van der Waals surface area contributed by atoms with Gasteiger partial charge >= 0.3 is 12.1 Å². The molecule has 1 aliphatic rings. The fourth-order valence-electron chi connectivity index (χ4n) is 3.53. The molecule has 1 aromatic heterocycles. The van der Waals surface area contributed by atoms with Gasteiger partial charge in [0, 0.05) is 13.1 Å². The zero-order valence-corrected chi connectivity index (χ0v) is 15.6. The number of benzene rings is 1. The zero-order chi connectivity index (χ0) is 20.8. The highest BCUT2D eigenvalue weighted by atomic mass is 19.4. The molecule has 0 unspecified atom stereocenters. The van der Waals surface area contributed by atoms with Crippen LogP contribution in [0.1, 0.15) is 27.2 Å². The highest BCUT2D eigenvalue weighted by Crippen LogP contribution is 2.38. The van der Waals surface area contributed by atoms with Crippen LogP contribution in [0.4, 0.5) is 13.2 Å². The van der Waals surface area contributed by atoms with Crippen LogP contribution < -0.4 is 0 Å². The average molecular weight is 395 g/mol. The first-order valence-corrected chi connectivity index (χ1v) is 8.71. The number of carboxylic acid groups (broad SMARTS) is 1. The summed E-state index contributed by atoms with van der Waals surface area (Å²) in [6.07, 6.45) is -3.37. The van der Waals surface area contributed by atoms with Crippen molar-refractivity contribution in [3.05, 3.63) is 46.8 Å². The number of carbonyl (C=O) groups is 2. The minimum atomic E-state index is -4.68. The third-order valence-electron chi connectivity index (χ3n) is 5.18. The number of amides is 1. The largest absolute Gasteiger partial charge is 0.481 e. The number of rotatable bonds is 3. The maximum absolute atomic E-state index is 13.2. The van der Waals surface area contributed by atoms with Crippen LogP contribution in [0.2, 0.25) is 0 Å². The molecule has 1 amide bonds. The summed E-state index contributed by atoms with van der Waals surface area (Å²) in [5.74, 6) is -5.95. The maximum Gasteiger partial charge on any atom is 0.394 e. The predicted octanol–water partition coefficient (Wildman–Crippen LogP) is 3.13. The summed E-state index contributed by atoms with van der Waals surface area (Å²) in [5.41, 5.74) is 3.35. The first-order chi connectivity index (χ1) is 13.0. The Morgan fingerprint density at radius 3 is 2.43 bits per heavy atom. The number of hydrogen-bond donors (Lipinski definition) is 1. The minimum absolute atomic E-state index is 0.160. The molecule has 2 aromatic rings. The summed E-state index contributed by atoms with van der Waals surface area (Å²) in [5, 5.41) is 13.4. The molecule has 0 aliphatic carbocycles. The summed E-state index contributed by atoms with van der Waals surface area (Å²) in [6, 6.07) is 5.76. The third-order valence-corrected chi connectivity index (χ3v) is 5.18. The Labute approximate surface area is 159 Å². The van der Waals surface area contributed by atoms with Gasteiger partial charge < -0.3 is 10.0 Å². The third kappa shape index (κ3) is 3.48. The standard InChI is InChI=1S/C19H20F3N3O3/c1-10-4-5-11(2)16(6-10)25-12(3)13(7-23-25)17(26)24-8-14(18(27)28)15(9-24)19(20,21)22/h4-7,14-15H,8-9H2,1-3H3,(H,27,28)/t14-,15-/m1/s1. The fraction of sp³-hybridized carbons (Fsp3) is 0.421.